The Bertz CT molecular complexity index is 392. The highest BCUT2D eigenvalue weighted by atomic mass is 35.5. The van der Waals surface area contributed by atoms with E-state index < -0.39 is 0 Å². The van der Waals surface area contributed by atoms with Gasteiger partial charge in [0.15, 0.2) is 5.82 Å². The Hall–Kier alpha value is -0.650. The van der Waals surface area contributed by atoms with Crippen LogP contribution in [0.3, 0.4) is 0 Å². The van der Waals surface area contributed by atoms with Crippen molar-refractivity contribution in [3.05, 3.63) is 11.7 Å². The predicted molar refractivity (Wildman–Crippen MR) is 75.4 cm³/mol. The molecule has 0 radical (unpaired) electrons. The van der Waals surface area contributed by atoms with Crippen LogP contribution < -0.4 is 5.32 Å². The fraction of sp³-hybridized carbons (Fsp3) is 0.846. The van der Waals surface area contributed by atoms with Crippen LogP contribution in [-0.2, 0) is 0 Å². The van der Waals surface area contributed by atoms with E-state index in [4.69, 9.17) is 4.52 Å². The van der Waals surface area contributed by atoms with Gasteiger partial charge in [0.25, 0.3) is 0 Å². The third-order valence-corrected chi connectivity index (χ3v) is 4.16. The van der Waals surface area contributed by atoms with Gasteiger partial charge < -0.3 is 9.84 Å². The second kappa shape index (κ2) is 6.68. The van der Waals surface area contributed by atoms with E-state index in [0.717, 1.165) is 11.7 Å². The summed E-state index contributed by atoms with van der Waals surface area (Å²) in [6.07, 6.45) is 5.02. The Balaban J connectivity index is 0.00000133. The number of aromatic nitrogens is 2. The van der Waals surface area contributed by atoms with Crippen molar-refractivity contribution in [2.75, 3.05) is 26.2 Å². The molecular formula is C13H23ClN4O. The second-order valence-electron chi connectivity index (χ2n) is 5.52. The summed E-state index contributed by atoms with van der Waals surface area (Å²) in [6.45, 7) is 6.58. The van der Waals surface area contributed by atoms with E-state index in [-0.39, 0.29) is 12.4 Å². The molecule has 3 heterocycles. The van der Waals surface area contributed by atoms with E-state index in [2.05, 4.69) is 20.4 Å². The van der Waals surface area contributed by atoms with Gasteiger partial charge in [0, 0.05) is 13.5 Å². The fourth-order valence-corrected chi connectivity index (χ4v) is 3.18. The summed E-state index contributed by atoms with van der Waals surface area (Å²) < 4.78 is 5.12. The molecule has 1 atom stereocenters. The lowest BCUT2D eigenvalue weighted by Crippen LogP contribution is -2.36. The number of halogens is 1. The molecule has 1 aromatic rings. The maximum Gasteiger partial charge on any atom is 0.223 e. The molecule has 1 aromatic heterocycles. The lowest BCUT2D eigenvalue weighted by molar-refractivity contribution is 0.185. The van der Waals surface area contributed by atoms with Crippen LogP contribution >= 0.6 is 12.4 Å². The number of likely N-dealkylation sites (tertiary alicyclic amines) is 1. The number of aryl methyl sites for hydroxylation is 1. The summed E-state index contributed by atoms with van der Waals surface area (Å²) in [6, 6.07) is 0.386. The van der Waals surface area contributed by atoms with Crippen molar-refractivity contribution in [1.82, 2.24) is 20.4 Å². The Labute approximate surface area is 120 Å². The normalized spacial score (nSPS) is 25.4. The van der Waals surface area contributed by atoms with Crippen LogP contribution in [-0.4, -0.2) is 41.2 Å². The standard InChI is InChI=1S/C13H22N4O.ClH/c1-10-15-13(16-18-10)12-3-2-8-17(12)9-11-4-6-14-7-5-11;/h11-12,14H,2-9H2,1H3;1H. The van der Waals surface area contributed by atoms with E-state index in [1.807, 2.05) is 6.92 Å². The van der Waals surface area contributed by atoms with Crippen LogP contribution in [0.1, 0.15) is 43.4 Å². The van der Waals surface area contributed by atoms with Crippen LogP contribution in [0.15, 0.2) is 4.52 Å². The monoisotopic (exact) mass is 286 g/mol. The molecule has 6 heteroatoms. The molecule has 2 fully saturated rings. The molecule has 3 rings (SSSR count). The molecule has 0 saturated carbocycles. The molecule has 0 bridgehead atoms. The van der Waals surface area contributed by atoms with Crippen molar-refractivity contribution < 1.29 is 4.52 Å². The second-order valence-corrected chi connectivity index (χ2v) is 5.52. The highest BCUT2D eigenvalue weighted by Crippen LogP contribution is 2.31. The highest BCUT2D eigenvalue weighted by molar-refractivity contribution is 5.85. The third kappa shape index (κ3) is 3.46. The van der Waals surface area contributed by atoms with Crippen molar-refractivity contribution in [2.24, 2.45) is 5.92 Å². The van der Waals surface area contributed by atoms with E-state index in [1.54, 1.807) is 0 Å². The number of hydrogen-bond acceptors (Lipinski definition) is 5. The summed E-state index contributed by atoms with van der Waals surface area (Å²) >= 11 is 0. The number of rotatable bonds is 3. The molecule has 2 aliphatic rings. The van der Waals surface area contributed by atoms with Gasteiger partial charge in [0.1, 0.15) is 0 Å². The molecule has 1 unspecified atom stereocenters. The maximum atomic E-state index is 5.12. The lowest BCUT2D eigenvalue weighted by atomic mass is 9.97. The Morgan fingerprint density at radius 1 is 1.32 bits per heavy atom. The predicted octanol–water partition coefficient (Wildman–Crippen LogP) is 1.94. The van der Waals surface area contributed by atoms with Gasteiger partial charge in [0.2, 0.25) is 5.89 Å². The smallest absolute Gasteiger partial charge is 0.223 e. The number of nitrogens with one attached hydrogen (secondary N) is 1. The van der Waals surface area contributed by atoms with Gasteiger partial charge in [0.05, 0.1) is 6.04 Å². The van der Waals surface area contributed by atoms with Crippen molar-refractivity contribution in [3.8, 4) is 0 Å². The fourth-order valence-electron chi connectivity index (χ4n) is 3.18. The summed E-state index contributed by atoms with van der Waals surface area (Å²) in [7, 11) is 0. The summed E-state index contributed by atoms with van der Waals surface area (Å²) in [5, 5.41) is 7.53. The van der Waals surface area contributed by atoms with Crippen LogP contribution in [0.25, 0.3) is 0 Å². The van der Waals surface area contributed by atoms with E-state index in [0.29, 0.717) is 11.9 Å². The Kier molecular flexibility index (Phi) is 5.19. The maximum absolute atomic E-state index is 5.12. The first kappa shape index (κ1) is 14.8. The topological polar surface area (TPSA) is 54.2 Å². The minimum atomic E-state index is 0. The van der Waals surface area contributed by atoms with Gasteiger partial charge in [-0.3, -0.25) is 4.90 Å². The van der Waals surface area contributed by atoms with Gasteiger partial charge in [-0.25, -0.2) is 0 Å². The Morgan fingerprint density at radius 2 is 2.11 bits per heavy atom. The molecule has 1 N–H and O–H groups in total. The van der Waals surface area contributed by atoms with Crippen LogP contribution in [0.2, 0.25) is 0 Å². The molecule has 108 valence electrons. The first-order valence-electron chi connectivity index (χ1n) is 7.08. The Morgan fingerprint density at radius 3 is 2.79 bits per heavy atom. The summed E-state index contributed by atoms with van der Waals surface area (Å²) in [5.41, 5.74) is 0. The van der Waals surface area contributed by atoms with Crippen molar-refractivity contribution >= 4 is 12.4 Å². The zero-order valence-electron chi connectivity index (χ0n) is 11.5. The average Bonchev–Trinajstić information content (AvgIpc) is 2.99. The first-order chi connectivity index (χ1) is 8.83. The quantitative estimate of drug-likeness (QED) is 0.920. The van der Waals surface area contributed by atoms with Crippen molar-refractivity contribution in [2.45, 2.75) is 38.6 Å². The molecule has 0 aromatic carbocycles. The number of hydrogen-bond donors (Lipinski definition) is 1. The zero-order valence-corrected chi connectivity index (χ0v) is 12.3. The zero-order chi connectivity index (χ0) is 12.4. The minimum absolute atomic E-state index is 0. The number of nitrogens with zero attached hydrogens (tertiary/aromatic N) is 3. The molecule has 2 aliphatic heterocycles. The van der Waals surface area contributed by atoms with Crippen LogP contribution in [0.5, 0.6) is 0 Å². The molecule has 0 aliphatic carbocycles. The molecule has 2 saturated heterocycles. The van der Waals surface area contributed by atoms with Crippen LogP contribution in [0, 0.1) is 12.8 Å². The van der Waals surface area contributed by atoms with Gasteiger partial charge in [-0.05, 0) is 51.2 Å². The average molecular weight is 287 g/mol. The summed E-state index contributed by atoms with van der Waals surface area (Å²) in [5.74, 6) is 2.40. The third-order valence-electron chi connectivity index (χ3n) is 4.16. The molecule has 0 spiro atoms. The van der Waals surface area contributed by atoms with Gasteiger partial charge in [-0.15, -0.1) is 12.4 Å². The summed E-state index contributed by atoms with van der Waals surface area (Å²) in [4.78, 5) is 6.96. The first-order valence-corrected chi connectivity index (χ1v) is 7.08. The highest BCUT2D eigenvalue weighted by Gasteiger charge is 2.31. The molecule has 19 heavy (non-hydrogen) atoms. The van der Waals surface area contributed by atoms with Crippen LogP contribution in [0.4, 0.5) is 0 Å². The molecular weight excluding hydrogens is 264 g/mol. The van der Waals surface area contributed by atoms with Gasteiger partial charge >= 0.3 is 0 Å². The lowest BCUT2D eigenvalue weighted by Gasteiger charge is -2.29. The SMILES string of the molecule is Cc1nc(C2CCCN2CC2CCNCC2)no1.Cl. The van der Waals surface area contributed by atoms with E-state index >= 15 is 0 Å². The molecule has 5 nitrogen and oxygen atoms in total. The number of piperidine rings is 1. The van der Waals surface area contributed by atoms with Gasteiger partial charge in [-0.2, -0.15) is 4.98 Å². The minimum Gasteiger partial charge on any atom is -0.340 e. The largest absolute Gasteiger partial charge is 0.340 e. The van der Waals surface area contributed by atoms with Crippen molar-refractivity contribution in [3.63, 3.8) is 0 Å². The van der Waals surface area contributed by atoms with Crippen molar-refractivity contribution in [1.29, 1.82) is 0 Å². The van der Waals surface area contributed by atoms with E-state index in [1.165, 1.54) is 51.9 Å². The van der Waals surface area contributed by atoms with E-state index in [9.17, 15) is 0 Å². The molecule has 0 amide bonds. The van der Waals surface area contributed by atoms with Gasteiger partial charge in [-0.1, -0.05) is 5.16 Å².